The standard InChI is InChI=1S/C21H42N2O3/c1-11-17(24)22-15-21(7,8)14-20(5,6)13-12-16(23(9)10)18(25)26-19(2,3)4/h16H,11-15H2,1-10H3,(H,22,24). The fourth-order valence-corrected chi connectivity index (χ4v) is 3.39. The van der Waals surface area contributed by atoms with Gasteiger partial charge in [0.05, 0.1) is 0 Å². The molecule has 0 heterocycles. The van der Waals surface area contributed by atoms with Gasteiger partial charge in [-0.15, -0.1) is 0 Å². The number of carbonyl (C=O) groups excluding carboxylic acids is 2. The van der Waals surface area contributed by atoms with Gasteiger partial charge in [-0.25, -0.2) is 0 Å². The quantitative estimate of drug-likeness (QED) is 0.590. The summed E-state index contributed by atoms with van der Waals surface area (Å²) >= 11 is 0. The number of carbonyl (C=O) groups is 2. The van der Waals surface area contributed by atoms with Crippen LogP contribution in [0, 0.1) is 10.8 Å². The third-order valence-corrected chi connectivity index (χ3v) is 4.44. The first-order valence-electron chi connectivity index (χ1n) is 9.74. The Morgan fingerprint density at radius 2 is 1.54 bits per heavy atom. The van der Waals surface area contributed by atoms with Crippen LogP contribution in [-0.2, 0) is 14.3 Å². The zero-order valence-electron chi connectivity index (χ0n) is 18.8. The van der Waals surface area contributed by atoms with Crippen molar-refractivity contribution in [2.45, 2.75) is 92.7 Å². The lowest BCUT2D eigenvalue weighted by Gasteiger charge is -2.36. The van der Waals surface area contributed by atoms with E-state index in [0.717, 1.165) is 19.3 Å². The number of nitrogens with zero attached hydrogens (tertiary/aromatic N) is 1. The van der Waals surface area contributed by atoms with Gasteiger partial charge in [-0.1, -0.05) is 34.6 Å². The van der Waals surface area contributed by atoms with Crippen LogP contribution in [0.2, 0.25) is 0 Å². The Bertz CT molecular complexity index is 462. The van der Waals surface area contributed by atoms with Crippen LogP contribution in [0.15, 0.2) is 0 Å². The van der Waals surface area contributed by atoms with Gasteiger partial charge in [0.25, 0.3) is 0 Å². The van der Waals surface area contributed by atoms with Crippen LogP contribution in [0.5, 0.6) is 0 Å². The van der Waals surface area contributed by atoms with Crippen molar-refractivity contribution in [2.24, 2.45) is 10.8 Å². The molecule has 1 amide bonds. The lowest BCUT2D eigenvalue weighted by atomic mass is 9.72. The van der Waals surface area contributed by atoms with Gasteiger partial charge in [-0.05, 0) is 65.0 Å². The molecule has 0 aromatic rings. The number of amides is 1. The van der Waals surface area contributed by atoms with E-state index in [4.69, 9.17) is 4.74 Å². The molecule has 0 fully saturated rings. The van der Waals surface area contributed by atoms with Gasteiger partial charge in [-0.3, -0.25) is 14.5 Å². The Balaban J connectivity index is 4.79. The zero-order chi connectivity index (χ0) is 20.8. The van der Waals surface area contributed by atoms with E-state index in [-0.39, 0.29) is 28.7 Å². The molecule has 154 valence electrons. The highest BCUT2D eigenvalue weighted by Gasteiger charge is 2.32. The maximum absolute atomic E-state index is 12.5. The number of hydrogen-bond acceptors (Lipinski definition) is 4. The van der Waals surface area contributed by atoms with Gasteiger partial charge in [0.1, 0.15) is 11.6 Å². The van der Waals surface area contributed by atoms with E-state index in [1.165, 1.54) is 0 Å². The normalized spacial score (nSPS) is 14.3. The molecule has 0 aliphatic rings. The molecular formula is C21H42N2O3. The maximum Gasteiger partial charge on any atom is 0.323 e. The first kappa shape index (κ1) is 24.9. The topological polar surface area (TPSA) is 58.6 Å². The molecule has 0 aromatic carbocycles. The van der Waals surface area contributed by atoms with Gasteiger partial charge in [0.15, 0.2) is 0 Å². The van der Waals surface area contributed by atoms with E-state index >= 15 is 0 Å². The zero-order valence-corrected chi connectivity index (χ0v) is 18.8. The molecule has 5 nitrogen and oxygen atoms in total. The van der Waals surface area contributed by atoms with Gasteiger partial charge in [0, 0.05) is 13.0 Å². The highest BCUT2D eigenvalue weighted by atomic mass is 16.6. The summed E-state index contributed by atoms with van der Waals surface area (Å²) in [5.41, 5.74) is -0.398. The summed E-state index contributed by atoms with van der Waals surface area (Å²) in [7, 11) is 3.84. The molecule has 5 heteroatoms. The van der Waals surface area contributed by atoms with E-state index in [1.807, 2.05) is 46.7 Å². The summed E-state index contributed by atoms with van der Waals surface area (Å²) in [4.78, 5) is 26.0. The Labute approximate surface area is 161 Å². The highest BCUT2D eigenvalue weighted by Crippen LogP contribution is 2.37. The largest absolute Gasteiger partial charge is 0.459 e. The maximum atomic E-state index is 12.5. The molecule has 26 heavy (non-hydrogen) atoms. The molecule has 0 aliphatic carbocycles. The van der Waals surface area contributed by atoms with Crippen molar-refractivity contribution in [3.63, 3.8) is 0 Å². The predicted octanol–water partition coefficient (Wildman–Crippen LogP) is 4.01. The van der Waals surface area contributed by atoms with Crippen LogP contribution in [0.4, 0.5) is 0 Å². The minimum absolute atomic E-state index is 0.00780. The molecule has 0 spiro atoms. The fourth-order valence-electron chi connectivity index (χ4n) is 3.39. The number of hydrogen-bond donors (Lipinski definition) is 1. The number of esters is 1. The van der Waals surface area contributed by atoms with E-state index in [9.17, 15) is 9.59 Å². The molecule has 0 rings (SSSR count). The first-order valence-corrected chi connectivity index (χ1v) is 9.74. The molecule has 0 aliphatic heterocycles. The Morgan fingerprint density at radius 1 is 1.00 bits per heavy atom. The van der Waals surface area contributed by atoms with Crippen LogP contribution < -0.4 is 5.32 Å². The van der Waals surface area contributed by atoms with Crippen molar-refractivity contribution in [3.05, 3.63) is 0 Å². The lowest BCUT2D eigenvalue weighted by molar-refractivity contribution is -0.161. The monoisotopic (exact) mass is 370 g/mol. The molecule has 1 N–H and O–H groups in total. The fraction of sp³-hybridized carbons (Fsp3) is 0.905. The predicted molar refractivity (Wildman–Crippen MR) is 108 cm³/mol. The molecule has 1 unspecified atom stereocenters. The average Bonchev–Trinajstić information content (AvgIpc) is 2.41. The summed E-state index contributed by atoms with van der Waals surface area (Å²) in [5, 5.41) is 3.00. The van der Waals surface area contributed by atoms with Crippen LogP contribution in [0.1, 0.15) is 81.1 Å². The van der Waals surface area contributed by atoms with Crippen LogP contribution in [-0.4, -0.2) is 49.1 Å². The smallest absolute Gasteiger partial charge is 0.323 e. The number of likely N-dealkylation sites (N-methyl/N-ethyl adjacent to an activating group) is 1. The molecule has 0 saturated carbocycles. The third kappa shape index (κ3) is 10.8. The third-order valence-electron chi connectivity index (χ3n) is 4.44. The van der Waals surface area contributed by atoms with Crippen LogP contribution in [0.25, 0.3) is 0 Å². The summed E-state index contributed by atoms with van der Waals surface area (Å²) in [6, 6.07) is -0.239. The van der Waals surface area contributed by atoms with Gasteiger partial charge >= 0.3 is 5.97 Å². The molecule has 0 bridgehead atoms. The SMILES string of the molecule is CCC(=O)NCC(C)(C)CC(C)(C)CCC(C(=O)OC(C)(C)C)N(C)C. The second-order valence-electron chi connectivity index (χ2n) is 10.2. The number of rotatable bonds is 10. The average molecular weight is 371 g/mol. The van der Waals surface area contributed by atoms with Gasteiger partial charge < -0.3 is 10.1 Å². The summed E-state index contributed by atoms with van der Waals surface area (Å²) in [6.45, 7) is 17.1. The molecule has 0 aromatic heterocycles. The lowest BCUT2D eigenvalue weighted by Crippen LogP contribution is -2.41. The van der Waals surface area contributed by atoms with E-state index < -0.39 is 5.60 Å². The molecule has 0 radical (unpaired) electrons. The van der Waals surface area contributed by atoms with Crippen molar-refractivity contribution in [3.8, 4) is 0 Å². The summed E-state index contributed by atoms with van der Waals surface area (Å²) < 4.78 is 5.58. The highest BCUT2D eigenvalue weighted by molar-refractivity contribution is 5.76. The Morgan fingerprint density at radius 3 is 1.96 bits per heavy atom. The number of nitrogens with one attached hydrogen (secondary N) is 1. The van der Waals surface area contributed by atoms with Gasteiger partial charge in [-0.2, -0.15) is 0 Å². The molecular weight excluding hydrogens is 328 g/mol. The second kappa shape index (κ2) is 9.72. The van der Waals surface area contributed by atoms with Crippen LogP contribution >= 0.6 is 0 Å². The minimum Gasteiger partial charge on any atom is -0.459 e. The molecule has 1 atom stereocenters. The van der Waals surface area contributed by atoms with E-state index in [1.54, 1.807) is 0 Å². The molecule has 0 saturated heterocycles. The Hall–Kier alpha value is -1.10. The second-order valence-corrected chi connectivity index (χ2v) is 10.2. The van der Waals surface area contributed by atoms with Crippen molar-refractivity contribution < 1.29 is 14.3 Å². The summed E-state index contributed by atoms with van der Waals surface area (Å²) in [6.07, 6.45) is 3.16. The minimum atomic E-state index is -0.472. The van der Waals surface area contributed by atoms with Crippen molar-refractivity contribution in [1.29, 1.82) is 0 Å². The van der Waals surface area contributed by atoms with Crippen molar-refractivity contribution in [2.75, 3.05) is 20.6 Å². The Kier molecular flexibility index (Phi) is 9.31. The van der Waals surface area contributed by atoms with Crippen molar-refractivity contribution in [1.82, 2.24) is 10.2 Å². The van der Waals surface area contributed by atoms with Crippen molar-refractivity contribution >= 4 is 11.9 Å². The van der Waals surface area contributed by atoms with Gasteiger partial charge in [0.2, 0.25) is 5.91 Å². The van der Waals surface area contributed by atoms with E-state index in [0.29, 0.717) is 13.0 Å². The summed E-state index contributed by atoms with van der Waals surface area (Å²) in [5.74, 6) is -0.0683. The van der Waals surface area contributed by atoms with E-state index in [2.05, 4.69) is 33.0 Å². The van der Waals surface area contributed by atoms with Crippen LogP contribution in [0.3, 0.4) is 0 Å². The first-order chi connectivity index (χ1) is 11.6. The number of ether oxygens (including phenoxy) is 1.